The molecule has 0 aliphatic carbocycles. The molecule has 0 amide bonds. The number of fused-ring (bicyclic) bond motifs is 3. The van der Waals surface area contributed by atoms with Crippen molar-refractivity contribution in [2.75, 3.05) is 0 Å². The van der Waals surface area contributed by atoms with Gasteiger partial charge in [-0.2, -0.15) is 0 Å². The van der Waals surface area contributed by atoms with Gasteiger partial charge < -0.3 is 0 Å². The van der Waals surface area contributed by atoms with Crippen molar-refractivity contribution < 1.29 is 0 Å². The summed E-state index contributed by atoms with van der Waals surface area (Å²) < 4.78 is 5.37. The van der Waals surface area contributed by atoms with Gasteiger partial charge in [0.1, 0.15) is 0 Å². The Hall–Kier alpha value is 0.1000. The Balaban J connectivity index is 2.74. The molecule has 0 aliphatic rings. The minimum absolute atomic E-state index is 1.26. The van der Waals surface area contributed by atoms with Gasteiger partial charge in [-0.15, -0.1) is 22.7 Å². The average molecular weight is 404 g/mol. The second kappa shape index (κ2) is 4.30. The van der Waals surface area contributed by atoms with Gasteiger partial charge in [0.15, 0.2) is 0 Å². The zero-order valence-corrected chi connectivity index (χ0v) is 15.4. The second-order valence-electron chi connectivity index (χ2n) is 4.66. The van der Waals surface area contributed by atoms with E-state index >= 15 is 0 Å². The van der Waals surface area contributed by atoms with Crippen LogP contribution in [0.5, 0.6) is 0 Å². The minimum atomic E-state index is 1.26. The summed E-state index contributed by atoms with van der Waals surface area (Å²) in [5.74, 6) is 0. The summed E-state index contributed by atoms with van der Waals surface area (Å²) in [6, 6.07) is 0. The van der Waals surface area contributed by atoms with Crippen molar-refractivity contribution in [2.24, 2.45) is 0 Å². The Morgan fingerprint density at radius 3 is 1.28 bits per heavy atom. The molecule has 18 heavy (non-hydrogen) atoms. The fraction of sp³-hybridized carbons (Fsp3) is 0.286. The van der Waals surface area contributed by atoms with Crippen molar-refractivity contribution in [2.45, 2.75) is 27.7 Å². The van der Waals surface area contributed by atoms with Crippen LogP contribution in [0.25, 0.3) is 20.2 Å². The summed E-state index contributed by atoms with van der Waals surface area (Å²) in [5, 5.41) is 2.87. The first-order valence-corrected chi connectivity index (χ1v) is 8.91. The van der Waals surface area contributed by atoms with Crippen molar-refractivity contribution >= 4 is 74.7 Å². The van der Waals surface area contributed by atoms with E-state index in [0.29, 0.717) is 0 Å². The summed E-state index contributed by atoms with van der Waals surface area (Å²) in [6.45, 7) is 8.90. The van der Waals surface area contributed by atoms with Gasteiger partial charge in [0.05, 0.1) is 7.57 Å². The Labute approximate surface area is 131 Å². The van der Waals surface area contributed by atoms with Gasteiger partial charge in [-0.3, -0.25) is 0 Å². The first-order chi connectivity index (χ1) is 8.43. The quantitative estimate of drug-likeness (QED) is 0.383. The lowest BCUT2D eigenvalue weighted by atomic mass is 10.00. The van der Waals surface area contributed by atoms with Gasteiger partial charge in [-0.05, 0) is 81.8 Å². The van der Waals surface area contributed by atoms with Gasteiger partial charge in [0, 0.05) is 20.2 Å². The van der Waals surface area contributed by atoms with E-state index in [1.165, 1.54) is 50.0 Å². The molecule has 3 rings (SSSR count). The third kappa shape index (κ3) is 1.59. The Kier molecular flexibility index (Phi) is 3.13. The molecule has 94 valence electrons. The molecule has 2 heterocycles. The number of hydrogen-bond donors (Lipinski definition) is 0. The lowest BCUT2D eigenvalue weighted by Gasteiger charge is -2.06. The van der Waals surface area contributed by atoms with Crippen LogP contribution in [0, 0.1) is 27.7 Å². The highest BCUT2D eigenvalue weighted by molar-refractivity contribution is 9.11. The van der Waals surface area contributed by atoms with Crippen LogP contribution in [0.4, 0.5) is 0 Å². The first kappa shape index (κ1) is 13.1. The fourth-order valence-corrected chi connectivity index (χ4v) is 6.01. The summed E-state index contributed by atoms with van der Waals surface area (Å²) >= 11 is 11.1. The predicted molar refractivity (Wildman–Crippen MR) is 91.6 cm³/mol. The Morgan fingerprint density at radius 1 is 0.611 bits per heavy atom. The molecule has 0 aliphatic heterocycles. The predicted octanol–water partition coefficient (Wildman–Crippen LogP) is 6.87. The SMILES string of the molecule is Cc1c(C)c2sc(Br)c(C)c2c2c(C)c(Br)sc12. The average Bonchev–Trinajstić information content (AvgIpc) is 2.78. The van der Waals surface area contributed by atoms with E-state index in [4.69, 9.17) is 0 Å². The minimum Gasteiger partial charge on any atom is -0.128 e. The number of aryl methyl sites for hydroxylation is 4. The molecule has 0 spiro atoms. The van der Waals surface area contributed by atoms with Crippen molar-refractivity contribution in [3.63, 3.8) is 0 Å². The maximum Gasteiger partial charge on any atom is 0.0740 e. The van der Waals surface area contributed by atoms with E-state index in [0.717, 1.165) is 0 Å². The topological polar surface area (TPSA) is 0 Å². The van der Waals surface area contributed by atoms with Crippen LogP contribution in [0.15, 0.2) is 7.57 Å². The van der Waals surface area contributed by atoms with E-state index in [9.17, 15) is 0 Å². The fourth-order valence-electron chi connectivity index (χ4n) is 2.44. The maximum absolute atomic E-state index is 3.69. The molecular formula is C14H12Br2S2. The second-order valence-corrected chi connectivity index (χ2v) is 9.34. The Bertz CT molecular complexity index is 726. The molecule has 0 nitrogen and oxygen atoms in total. The van der Waals surface area contributed by atoms with Gasteiger partial charge in [-0.1, -0.05) is 0 Å². The molecule has 0 unspecified atom stereocenters. The third-order valence-electron chi connectivity index (χ3n) is 3.67. The lowest BCUT2D eigenvalue weighted by Crippen LogP contribution is -1.84. The van der Waals surface area contributed by atoms with E-state index in [2.05, 4.69) is 59.6 Å². The van der Waals surface area contributed by atoms with E-state index in [1.54, 1.807) is 0 Å². The molecule has 4 heteroatoms. The van der Waals surface area contributed by atoms with E-state index in [-0.39, 0.29) is 0 Å². The van der Waals surface area contributed by atoms with Crippen LogP contribution in [0.3, 0.4) is 0 Å². The van der Waals surface area contributed by atoms with Gasteiger partial charge >= 0.3 is 0 Å². The van der Waals surface area contributed by atoms with Gasteiger partial charge in [0.25, 0.3) is 0 Å². The third-order valence-corrected chi connectivity index (χ3v) is 8.23. The molecule has 0 N–H and O–H groups in total. The largest absolute Gasteiger partial charge is 0.128 e. The van der Waals surface area contributed by atoms with Crippen molar-refractivity contribution in [1.29, 1.82) is 0 Å². The zero-order chi connectivity index (χ0) is 13.2. The number of benzene rings is 1. The number of halogens is 2. The van der Waals surface area contributed by atoms with Crippen LogP contribution in [0.2, 0.25) is 0 Å². The highest BCUT2D eigenvalue weighted by Crippen LogP contribution is 2.47. The molecule has 0 saturated heterocycles. The molecule has 0 atom stereocenters. The maximum atomic E-state index is 3.69. The van der Waals surface area contributed by atoms with E-state index in [1.807, 2.05) is 22.7 Å². The molecule has 0 bridgehead atoms. The molecule has 2 aromatic heterocycles. The van der Waals surface area contributed by atoms with Gasteiger partial charge in [-0.25, -0.2) is 0 Å². The molecule has 0 fully saturated rings. The highest BCUT2D eigenvalue weighted by atomic mass is 79.9. The van der Waals surface area contributed by atoms with Crippen LogP contribution < -0.4 is 0 Å². The summed E-state index contributed by atoms with van der Waals surface area (Å²) in [5.41, 5.74) is 5.59. The number of rotatable bonds is 0. The normalized spacial score (nSPS) is 11.9. The number of thiophene rings is 2. The standard InChI is InChI=1S/C14H12Br2S2/c1-5-6(2)12-10(8(4)14(16)18-12)9-7(3)13(15)17-11(5)9/h1-4H3. The van der Waals surface area contributed by atoms with Crippen molar-refractivity contribution in [3.8, 4) is 0 Å². The smallest absolute Gasteiger partial charge is 0.0740 e. The van der Waals surface area contributed by atoms with Gasteiger partial charge in [0.2, 0.25) is 0 Å². The van der Waals surface area contributed by atoms with Crippen LogP contribution in [-0.4, -0.2) is 0 Å². The molecular weight excluding hydrogens is 392 g/mol. The molecule has 3 aromatic rings. The van der Waals surface area contributed by atoms with Crippen LogP contribution >= 0.6 is 54.5 Å². The van der Waals surface area contributed by atoms with Crippen LogP contribution in [-0.2, 0) is 0 Å². The summed E-state index contributed by atoms with van der Waals surface area (Å²) in [7, 11) is 0. The monoisotopic (exact) mass is 402 g/mol. The highest BCUT2D eigenvalue weighted by Gasteiger charge is 2.19. The van der Waals surface area contributed by atoms with E-state index < -0.39 is 0 Å². The van der Waals surface area contributed by atoms with Crippen LogP contribution in [0.1, 0.15) is 22.3 Å². The zero-order valence-electron chi connectivity index (χ0n) is 10.6. The van der Waals surface area contributed by atoms with Crippen molar-refractivity contribution in [3.05, 3.63) is 29.8 Å². The summed E-state index contributed by atoms with van der Waals surface area (Å²) in [4.78, 5) is 0. The Morgan fingerprint density at radius 2 is 0.944 bits per heavy atom. The lowest BCUT2D eigenvalue weighted by molar-refractivity contribution is 1.43. The molecule has 0 saturated carbocycles. The molecule has 0 radical (unpaired) electrons. The van der Waals surface area contributed by atoms with Crippen molar-refractivity contribution in [1.82, 2.24) is 0 Å². The number of hydrogen-bond acceptors (Lipinski definition) is 2. The summed E-state index contributed by atoms with van der Waals surface area (Å²) in [6.07, 6.45) is 0. The molecule has 1 aromatic carbocycles. The first-order valence-electron chi connectivity index (χ1n) is 5.69.